The van der Waals surface area contributed by atoms with Crippen LogP contribution in [0.1, 0.15) is 94.9 Å². The van der Waals surface area contributed by atoms with Gasteiger partial charge in [0.15, 0.2) is 5.96 Å². The van der Waals surface area contributed by atoms with E-state index in [1.54, 1.807) is 44.3 Å². The number of aromatic nitrogens is 3. The van der Waals surface area contributed by atoms with Crippen molar-refractivity contribution in [3.05, 3.63) is 84.1 Å². The minimum atomic E-state index is -1.78. The molecule has 2 aliphatic rings. The van der Waals surface area contributed by atoms with Gasteiger partial charge in [0.05, 0.1) is 19.5 Å². The lowest BCUT2D eigenvalue weighted by Crippen LogP contribution is -2.61. The Balaban J connectivity index is 1.23. The molecule has 2 saturated heterocycles. The van der Waals surface area contributed by atoms with E-state index in [2.05, 4.69) is 67.8 Å². The number of aliphatic hydroxyl groups is 1. The number of aromatic hydroxyl groups is 1. The number of carbonyl (C=O) groups excluding carboxylic acids is 11. The summed E-state index contributed by atoms with van der Waals surface area (Å²) in [4.78, 5) is 167. The van der Waals surface area contributed by atoms with Crippen LogP contribution in [0.3, 0.4) is 0 Å². The first kappa shape index (κ1) is 69.5. The smallest absolute Gasteiger partial charge is 0.245 e. The summed E-state index contributed by atoms with van der Waals surface area (Å²) in [5, 5.41) is 45.3. The molecule has 2 aromatic carbocycles. The van der Waals surface area contributed by atoms with Crippen molar-refractivity contribution in [2.24, 2.45) is 33.8 Å². The zero-order valence-corrected chi connectivity index (χ0v) is 50.4. The first-order valence-corrected chi connectivity index (χ1v) is 30.0. The molecule has 0 radical (unpaired) electrons. The topological polar surface area (TPSA) is 501 Å². The van der Waals surface area contributed by atoms with Crippen molar-refractivity contribution in [1.29, 1.82) is 0 Å². The summed E-state index contributed by atoms with van der Waals surface area (Å²) >= 11 is 0. The van der Waals surface area contributed by atoms with Crippen molar-refractivity contribution in [1.82, 2.24) is 67.7 Å². The van der Waals surface area contributed by atoms with Gasteiger partial charge in [-0.1, -0.05) is 44.2 Å². The Hall–Kier alpha value is -9.65. The van der Waals surface area contributed by atoms with Crippen LogP contribution in [0, 0.1) is 5.92 Å². The van der Waals surface area contributed by atoms with Gasteiger partial charge in [-0.15, -0.1) is 0 Å². The number of phenols is 1. The number of hydrogen-bond acceptors (Lipinski definition) is 16. The summed E-state index contributed by atoms with van der Waals surface area (Å²) < 4.78 is 0. The number of aliphatic hydroxyl groups excluding tert-OH is 1. The van der Waals surface area contributed by atoms with Crippen molar-refractivity contribution >= 4 is 81.8 Å². The monoisotopic (exact) mass is 1250 g/mol. The molecule has 90 heavy (non-hydrogen) atoms. The molecule has 31 heteroatoms. The molecule has 4 aromatic rings. The summed E-state index contributed by atoms with van der Waals surface area (Å²) in [6, 6.07) is 0.871. The molecule has 0 bridgehead atoms. The number of guanidine groups is 1. The van der Waals surface area contributed by atoms with E-state index in [0.29, 0.717) is 47.0 Å². The van der Waals surface area contributed by atoms with E-state index in [1.165, 1.54) is 41.7 Å². The maximum absolute atomic E-state index is 14.7. The number of benzene rings is 2. The molecule has 0 aliphatic carbocycles. The second kappa shape index (κ2) is 34.2. The fourth-order valence-corrected chi connectivity index (χ4v) is 10.6. The Kier molecular flexibility index (Phi) is 26.4. The number of rotatable bonds is 35. The van der Waals surface area contributed by atoms with Crippen LogP contribution in [-0.4, -0.2) is 188 Å². The van der Waals surface area contributed by atoms with Crippen molar-refractivity contribution in [2.75, 3.05) is 32.8 Å². The van der Waals surface area contributed by atoms with Crippen LogP contribution >= 0.6 is 0 Å². The number of imidazole rings is 1. The van der Waals surface area contributed by atoms with E-state index in [0.717, 1.165) is 0 Å². The molecule has 6 rings (SSSR count). The third-order valence-electron chi connectivity index (χ3n) is 15.2. The molecule has 2 aromatic heterocycles. The molecule has 4 heterocycles. The summed E-state index contributed by atoms with van der Waals surface area (Å²) in [6.45, 7) is 2.57. The molecule has 2 aliphatic heterocycles. The highest BCUT2D eigenvalue weighted by Crippen LogP contribution is 2.22. The number of unbranched alkanes of at least 4 members (excludes halogenated alkanes) is 1. The lowest BCUT2D eigenvalue weighted by molar-refractivity contribution is -0.142. The molecule has 21 N–H and O–H groups in total. The number of para-hydroxylation sites is 1. The van der Waals surface area contributed by atoms with Gasteiger partial charge in [0.1, 0.15) is 60.1 Å². The second-order valence-electron chi connectivity index (χ2n) is 22.7. The molecule has 2 fully saturated rings. The summed E-state index contributed by atoms with van der Waals surface area (Å²) in [6.07, 6.45) is 5.83. The number of likely N-dealkylation sites (tertiary alicyclic amines) is 1. The number of primary amides is 1. The first-order chi connectivity index (χ1) is 43.0. The number of hydrogen-bond donors (Lipinski definition) is 17. The van der Waals surface area contributed by atoms with Crippen molar-refractivity contribution in [2.45, 2.75) is 152 Å². The van der Waals surface area contributed by atoms with Crippen LogP contribution in [0.5, 0.6) is 5.75 Å². The van der Waals surface area contributed by atoms with Gasteiger partial charge in [0.25, 0.3) is 0 Å². The number of aliphatic imine (C=N–C) groups is 1. The third-order valence-corrected chi connectivity index (χ3v) is 15.2. The molecule has 0 saturated carbocycles. The minimum Gasteiger partial charge on any atom is -0.508 e. The van der Waals surface area contributed by atoms with Gasteiger partial charge in [-0.05, 0) is 99.6 Å². The zero-order valence-electron chi connectivity index (χ0n) is 50.4. The predicted molar refractivity (Wildman–Crippen MR) is 327 cm³/mol. The lowest BCUT2D eigenvalue weighted by atomic mass is 10.00. The first-order valence-electron chi connectivity index (χ1n) is 30.0. The van der Waals surface area contributed by atoms with Crippen LogP contribution in [-0.2, 0) is 72.0 Å². The van der Waals surface area contributed by atoms with Crippen molar-refractivity contribution in [3.63, 3.8) is 0 Å². The van der Waals surface area contributed by atoms with Gasteiger partial charge in [-0.2, -0.15) is 0 Å². The number of nitrogens with two attached hydrogens (primary N) is 4. The van der Waals surface area contributed by atoms with E-state index < -0.39 is 127 Å². The van der Waals surface area contributed by atoms with Gasteiger partial charge in [0, 0.05) is 67.8 Å². The highest BCUT2D eigenvalue weighted by atomic mass is 16.3. The number of carbonyl (C=O) groups is 11. The molecular formula is C59H84N18O13. The Morgan fingerprint density at radius 3 is 1.94 bits per heavy atom. The number of nitrogens with one attached hydrogen (secondary N) is 11. The maximum atomic E-state index is 14.7. The van der Waals surface area contributed by atoms with Gasteiger partial charge in [0.2, 0.25) is 65.0 Å². The van der Waals surface area contributed by atoms with Gasteiger partial charge >= 0.3 is 0 Å². The standard InChI is InChI=1S/C59H84N18O13/c1-32(2)23-42(52(84)71-41(12-7-21-65-59(62)63)58(90)77-22-8-13-47(77)57(89)67-29-48(61)80)72-50(82)39(11-5-6-20-60)70-53(85)43(24-33-14-16-36(79)17-15-33)73-56(88)46(30-78)76-54(86)44(25-34-27-66-38-10-4-3-9-37(34)38)74-55(87)45(26-35-28-64-31-68-35)75-51(83)40-18-19-49(81)69-40/h3-4,9-10,14-17,27-28,31-32,39-47,66,78-79H,5-8,11-13,18-26,29-30,60H2,1-2H3,(H2,61,80)(H,64,68)(H,67,89)(H,69,81)(H,70,85)(H,71,84)(H,72,82)(H,73,88)(H,74,87)(H,75,83)(H,76,86)(H4,62,63,65)/t39-,40+,41+,42+,43+,44+,45+,46+,47+/m1/s1. The molecule has 11 amide bonds. The molecule has 488 valence electrons. The van der Waals surface area contributed by atoms with Crippen LogP contribution < -0.4 is 70.8 Å². The average molecular weight is 1250 g/mol. The van der Waals surface area contributed by atoms with Crippen LogP contribution in [0.4, 0.5) is 0 Å². The van der Waals surface area contributed by atoms with Gasteiger partial charge < -0.3 is 95.9 Å². The second-order valence-corrected chi connectivity index (χ2v) is 22.7. The molecule has 0 spiro atoms. The fraction of sp³-hybridized carbons (Fsp3) is 0.508. The van der Waals surface area contributed by atoms with Crippen LogP contribution in [0.2, 0.25) is 0 Å². The number of aromatic amines is 2. The van der Waals surface area contributed by atoms with E-state index in [1.807, 2.05) is 0 Å². The SMILES string of the molecule is CC(C)C[C@H](NC(=O)[C@@H](CCCCN)NC(=O)[C@H](Cc1ccc(O)cc1)NC(=O)[C@H](CO)NC(=O)[C@H](Cc1c[nH]c2ccccc12)NC(=O)[C@H](Cc1cnc[nH]1)NC(=O)[C@@H]1CCC(=O)N1)C(=O)N[C@@H](CCCN=C(N)N)C(=O)N1CCC[C@H]1C(=O)NCC(N)=O. The maximum Gasteiger partial charge on any atom is 0.245 e. The number of fused-ring (bicyclic) bond motifs is 1. The molecule has 0 unspecified atom stereocenters. The van der Waals surface area contributed by atoms with Crippen molar-refractivity contribution in [3.8, 4) is 5.75 Å². The Morgan fingerprint density at radius 2 is 1.31 bits per heavy atom. The van der Waals surface area contributed by atoms with E-state index in [4.69, 9.17) is 22.9 Å². The lowest BCUT2D eigenvalue weighted by Gasteiger charge is -2.30. The Bertz CT molecular complexity index is 3170. The third kappa shape index (κ3) is 21.0. The number of nitrogens with zero attached hydrogens (tertiary/aromatic N) is 3. The number of phenolic OH excluding ortho intramolecular Hbond substituents is 1. The Labute approximate surface area is 519 Å². The molecule has 31 nitrogen and oxygen atoms in total. The highest BCUT2D eigenvalue weighted by molar-refractivity contribution is 6.00. The summed E-state index contributed by atoms with van der Waals surface area (Å²) in [5.41, 5.74) is 24.3. The van der Waals surface area contributed by atoms with Gasteiger partial charge in [-0.3, -0.25) is 57.7 Å². The van der Waals surface area contributed by atoms with Crippen LogP contribution in [0.25, 0.3) is 10.9 Å². The Morgan fingerprint density at radius 1 is 0.700 bits per heavy atom. The number of amides is 11. The predicted octanol–water partition coefficient (Wildman–Crippen LogP) is -3.89. The largest absolute Gasteiger partial charge is 0.508 e. The van der Waals surface area contributed by atoms with E-state index in [-0.39, 0.29) is 107 Å². The fourth-order valence-electron chi connectivity index (χ4n) is 10.6. The molecule has 9 atom stereocenters. The normalized spacial score (nSPS) is 16.9. The summed E-state index contributed by atoms with van der Waals surface area (Å²) in [5.74, 6) is -8.89. The minimum absolute atomic E-state index is 0.00338. The van der Waals surface area contributed by atoms with Crippen LogP contribution in [0.15, 0.2) is 72.2 Å². The average Bonchev–Trinajstić information content (AvgIpc) is 3.74. The summed E-state index contributed by atoms with van der Waals surface area (Å²) in [7, 11) is 0. The van der Waals surface area contributed by atoms with Crippen molar-refractivity contribution < 1.29 is 63.0 Å². The van der Waals surface area contributed by atoms with E-state index in [9.17, 15) is 63.0 Å². The molecular weight excluding hydrogens is 1170 g/mol. The quantitative estimate of drug-likeness (QED) is 0.0119. The zero-order chi connectivity index (χ0) is 65.4. The van der Waals surface area contributed by atoms with Gasteiger partial charge in [-0.25, -0.2) is 4.98 Å². The number of H-pyrrole nitrogens is 2. The van der Waals surface area contributed by atoms with E-state index >= 15 is 0 Å². The highest BCUT2D eigenvalue weighted by Gasteiger charge is 2.40.